The van der Waals surface area contributed by atoms with E-state index in [1.807, 2.05) is 0 Å². The second-order valence-corrected chi connectivity index (χ2v) is 4.77. The second-order valence-electron chi connectivity index (χ2n) is 4.77. The monoisotopic (exact) mass is 242 g/mol. The van der Waals surface area contributed by atoms with Crippen molar-refractivity contribution in [2.45, 2.75) is 45.6 Å². The van der Waals surface area contributed by atoms with E-state index in [1.165, 1.54) is 12.8 Å². The molecule has 17 heavy (non-hydrogen) atoms. The van der Waals surface area contributed by atoms with E-state index in [2.05, 4.69) is 24.5 Å². The fourth-order valence-corrected chi connectivity index (χ4v) is 2.09. The Labute approximate surface area is 104 Å². The van der Waals surface area contributed by atoms with Crippen LogP contribution in [0.5, 0.6) is 0 Å². The van der Waals surface area contributed by atoms with E-state index in [0.29, 0.717) is 18.5 Å². The summed E-state index contributed by atoms with van der Waals surface area (Å²) in [6.07, 6.45) is 4.23. The Bertz CT molecular complexity index is 211. The van der Waals surface area contributed by atoms with Gasteiger partial charge in [0.15, 0.2) is 0 Å². The van der Waals surface area contributed by atoms with E-state index in [9.17, 15) is 4.79 Å². The molecule has 0 spiro atoms. The molecule has 0 aromatic rings. The standard InChI is InChI=1S/C13H26N2O2/c1-3-11(4-2)9-14-10-13(16)15-12-5-7-17-8-6-12/h11-12,14H,3-10H2,1-2H3,(H,15,16). The van der Waals surface area contributed by atoms with Crippen molar-refractivity contribution in [3.05, 3.63) is 0 Å². The first-order chi connectivity index (χ1) is 8.26. The van der Waals surface area contributed by atoms with Crippen LogP contribution < -0.4 is 10.6 Å². The summed E-state index contributed by atoms with van der Waals surface area (Å²) in [6.45, 7) is 7.30. The van der Waals surface area contributed by atoms with Crippen LogP contribution in [0.1, 0.15) is 39.5 Å². The Morgan fingerprint density at radius 1 is 1.29 bits per heavy atom. The lowest BCUT2D eigenvalue weighted by molar-refractivity contribution is -0.121. The average Bonchev–Trinajstić information content (AvgIpc) is 2.36. The van der Waals surface area contributed by atoms with Crippen LogP contribution in [0, 0.1) is 5.92 Å². The molecule has 0 aromatic heterocycles. The van der Waals surface area contributed by atoms with Crippen LogP contribution in [0.3, 0.4) is 0 Å². The van der Waals surface area contributed by atoms with Crippen molar-refractivity contribution in [3.63, 3.8) is 0 Å². The molecule has 0 bridgehead atoms. The molecule has 1 aliphatic rings. The van der Waals surface area contributed by atoms with E-state index in [4.69, 9.17) is 4.74 Å². The van der Waals surface area contributed by atoms with Crippen molar-refractivity contribution < 1.29 is 9.53 Å². The third kappa shape index (κ3) is 6.03. The van der Waals surface area contributed by atoms with Gasteiger partial charge in [0.2, 0.25) is 5.91 Å². The Morgan fingerprint density at radius 2 is 1.94 bits per heavy atom. The quantitative estimate of drug-likeness (QED) is 0.707. The minimum absolute atomic E-state index is 0.114. The van der Waals surface area contributed by atoms with Gasteiger partial charge < -0.3 is 15.4 Å². The summed E-state index contributed by atoms with van der Waals surface area (Å²) < 4.78 is 5.26. The highest BCUT2D eigenvalue weighted by Gasteiger charge is 2.15. The van der Waals surface area contributed by atoms with E-state index in [1.54, 1.807) is 0 Å². The lowest BCUT2D eigenvalue weighted by Gasteiger charge is -2.23. The highest BCUT2D eigenvalue weighted by molar-refractivity contribution is 5.78. The maximum atomic E-state index is 11.7. The average molecular weight is 242 g/mol. The number of nitrogens with one attached hydrogen (secondary N) is 2. The zero-order valence-corrected chi connectivity index (χ0v) is 11.1. The summed E-state index contributed by atoms with van der Waals surface area (Å²) in [6, 6.07) is 0.311. The van der Waals surface area contributed by atoms with Crippen molar-refractivity contribution in [1.29, 1.82) is 0 Å². The van der Waals surface area contributed by atoms with E-state index < -0.39 is 0 Å². The number of amides is 1. The Kier molecular flexibility index (Phi) is 7.21. The molecule has 1 heterocycles. The molecule has 1 aliphatic heterocycles. The molecule has 1 saturated heterocycles. The Hall–Kier alpha value is -0.610. The van der Waals surface area contributed by atoms with Crippen LogP contribution in [-0.2, 0) is 9.53 Å². The van der Waals surface area contributed by atoms with Crippen LogP contribution in [0.25, 0.3) is 0 Å². The molecule has 100 valence electrons. The number of ether oxygens (including phenoxy) is 1. The van der Waals surface area contributed by atoms with Crippen molar-refractivity contribution in [1.82, 2.24) is 10.6 Å². The van der Waals surface area contributed by atoms with Gasteiger partial charge in [-0.25, -0.2) is 0 Å². The fourth-order valence-electron chi connectivity index (χ4n) is 2.09. The van der Waals surface area contributed by atoms with Gasteiger partial charge in [-0.2, -0.15) is 0 Å². The van der Waals surface area contributed by atoms with Crippen LogP contribution in [-0.4, -0.2) is 38.3 Å². The van der Waals surface area contributed by atoms with E-state index >= 15 is 0 Å². The largest absolute Gasteiger partial charge is 0.381 e. The molecule has 2 N–H and O–H groups in total. The van der Waals surface area contributed by atoms with Gasteiger partial charge in [0.05, 0.1) is 6.54 Å². The first-order valence-electron chi connectivity index (χ1n) is 6.84. The van der Waals surface area contributed by atoms with Gasteiger partial charge in [-0.05, 0) is 25.3 Å². The summed E-state index contributed by atoms with van der Waals surface area (Å²) in [5.41, 5.74) is 0. The molecule has 1 amide bonds. The Balaban J connectivity index is 2.07. The maximum absolute atomic E-state index is 11.7. The highest BCUT2D eigenvalue weighted by atomic mass is 16.5. The number of rotatable bonds is 7. The summed E-state index contributed by atoms with van der Waals surface area (Å²) >= 11 is 0. The molecule has 1 rings (SSSR count). The minimum atomic E-state index is 0.114. The molecule has 0 aromatic carbocycles. The lowest BCUT2D eigenvalue weighted by atomic mass is 10.0. The predicted molar refractivity (Wildman–Crippen MR) is 68.9 cm³/mol. The maximum Gasteiger partial charge on any atom is 0.234 e. The van der Waals surface area contributed by atoms with Gasteiger partial charge in [-0.15, -0.1) is 0 Å². The van der Waals surface area contributed by atoms with E-state index in [-0.39, 0.29) is 5.91 Å². The van der Waals surface area contributed by atoms with Crippen molar-refractivity contribution in [2.24, 2.45) is 5.92 Å². The minimum Gasteiger partial charge on any atom is -0.381 e. The summed E-state index contributed by atoms with van der Waals surface area (Å²) in [7, 11) is 0. The third-order valence-corrected chi connectivity index (χ3v) is 3.46. The summed E-state index contributed by atoms with van der Waals surface area (Å²) in [5.74, 6) is 0.800. The van der Waals surface area contributed by atoms with Gasteiger partial charge in [0.1, 0.15) is 0 Å². The number of hydrogen-bond donors (Lipinski definition) is 2. The smallest absolute Gasteiger partial charge is 0.234 e. The first kappa shape index (κ1) is 14.5. The van der Waals surface area contributed by atoms with Crippen LogP contribution in [0.15, 0.2) is 0 Å². The van der Waals surface area contributed by atoms with Crippen molar-refractivity contribution >= 4 is 5.91 Å². The lowest BCUT2D eigenvalue weighted by Crippen LogP contribution is -2.43. The number of carbonyl (C=O) groups excluding carboxylic acids is 1. The van der Waals surface area contributed by atoms with Gasteiger partial charge >= 0.3 is 0 Å². The molecular weight excluding hydrogens is 216 g/mol. The Morgan fingerprint density at radius 3 is 2.53 bits per heavy atom. The molecule has 0 unspecified atom stereocenters. The topological polar surface area (TPSA) is 50.4 Å². The molecule has 4 heteroatoms. The zero-order chi connectivity index (χ0) is 12.5. The molecule has 1 fully saturated rings. The van der Waals surface area contributed by atoms with Crippen molar-refractivity contribution in [2.75, 3.05) is 26.3 Å². The number of carbonyl (C=O) groups is 1. The third-order valence-electron chi connectivity index (χ3n) is 3.46. The fraction of sp³-hybridized carbons (Fsp3) is 0.923. The molecule has 0 radical (unpaired) electrons. The first-order valence-corrected chi connectivity index (χ1v) is 6.84. The van der Waals surface area contributed by atoms with Gasteiger partial charge in [-0.1, -0.05) is 26.7 Å². The highest BCUT2D eigenvalue weighted by Crippen LogP contribution is 2.06. The van der Waals surface area contributed by atoms with E-state index in [0.717, 1.165) is 32.6 Å². The normalized spacial score (nSPS) is 17.4. The van der Waals surface area contributed by atoms with Crippen LogP contribution in [0.2, 0.25) is 0 Å². The molecule has 0 aliphatic carbocycles. The zero-order valence-electron chi connectivity index (χ0n) is 11.1. The van der Waals surface area contributed by atoms with Gasteiger partial charge in [0.25, 0.3) is 0 Å². The predicted octanol–water partition coefficient (Wildman–Crippen LogP) is 1.31. The molecule has 0 saturated carbocycles. The van der Waals surface area contributed by atoms with Crippen LogP contribution >= 0.6 is 0 Å². The van der Waals surface area contributed by atoms with Crippen LogP contribution in [0.4, 0.5) is 0 Å². The summed E-state index contributed by atoms with van der Waals surface area (Å²) in [4.78, 5) is 11.7. The SMILES string of the molecule is CCC(CC)CNCC(=O)NC1CCOCC1. The van der Waals surface area contributed by atoms with Gasteiger partial charge in [0, 0.05) is 19.3 Å². The molecule has 4 nitrogen and oxygen atoms in total. The number of hydrogen-bond acceptors (Lipinski definition) is 3. The van der Waals surface area contributed by atoms with Gasteiger partial charge in [-0.3, -0.25) is 4.79 Å². The second kappa shape index (κ2) is 8.48. The molecular formula is C13H26N2O2. The molecule has 0 atom stereocenters. The van der Waals surface area contributed by atoms with Crippen molar-refractivity contribution in [3.8, 4) is 0 Å². The summed E-state index contributed by atoms with van der Waals surface area (Å²) in [5, 5.41) is 6.28.